The zero-order valence-corrected chi connectivity index (χ0v) is 10.9. The lowest BCUT2D eigenvalue weighted by molar-refractivity contribution is -0.123. The molecule has 2 N–H and O–H groups in total. The maximum absolute atomic E-state index is 11.5. The van der Waals surface area contributed by atoms with Gasteiger partial charge in [0.05, 0.1) is 9.93 Å². The van der Waals surface area contributed by atoms with Crippen LogP contribution in [0.4, 0.5) is 0 Å². The number of hydrogen-bond acceptors (Lipinski definition) is 2. The normalized spacial score (nSPS) is 12.7. The first-order chi connectivity index (χ1) is 6.25. The minimum Gasteiger partial charge on any atom is -0.388 e. The van der Waals surface area contributed by atoms with Crippen LogP contribution in [0.25, 0.3) is 0 Å². The van der Waals surface area contributed by atoms with E-state index in [9.17, 15) is 9.90 Å². The zero-order valence-electron chi connectivity index (χ0n) is 9.35. The van der Waals surface area contributed by atoms with E-state index in [1.165, 1.54) is 0 Å². The summed E-state index contributed by atoms with van der Waals surface area (Å²) in [5.74, 6) is -0.0992. The van der Waals surface area contributed by atoms with E-state index in [0.717, 1.165) is 0 Å². The Morgan fingerprint density at radius 3 is 2.07 bits per heavy atom. The van der Waals surface area contributed by atoms with E-state index in [1.807, 2.05) is 13.8 Å². The molecule has 0 atom stereocenters. The van der Waals surface area contributed by atoms with E-state index >= 15 is 0 Å². The van der Waals surface area contributed by atoms with E-state index in [2.05, 4.69) is 21.2 Å². The van der Waals surface area contributed by atoms with Crippen molar-refractivity contribution in [3.63, 3.8) is 0 Å². The number of alkyl halides is 1. The first-order valence-corrected chi connectivity index (χ1v) is 5.74. The van der Waals surface area contributed by atoms with Gasteiger partial charge in [-0.25, -0.2) is 0 Å². The molecule has 0 fully saturated rings. The van der Waals surface area contributed by atoms with Crippen molar-refractivity contribution in [2.24, 2.45) is 0 Å². The van der Waals surface area contributed by atoms with Crippen LogP contribution in [0.5, 0.6) is 0 Å². The highest BCUT2D eigenvalue weighted by molar-refractivity contribution is 9.10. The van der Waals surface area contributed by atoms with Gasteiger partial charge in [-0.3, -0.25) is 4.79 Å². The highest BCUT2D eigenvalue weighted by Crippen LogP contribution is 2.17. The lowest BCUT2D eigenvalue weighted by Gasteiger charge is -2.27. The van der Waals surface area contributed by atoms with E-state index in [0.29, 0.717) is 19.4 Å². The molecule has 0 rings (SSSR count). The molecule has 0 saturated carbocycles. The number of carbonyl (C=O) groups excluding carboxylic acids is 1. The summed E-state index contributed by atoms with van der Waals surface area (Å²) in [6, 6.07) is 0. The van der Waals surface area contributed by atoms with E-state index in [4.69, 9.17) is 0 Å². The molecule has 0 aromatic rings. The fourth-order valence-corrected chi connectivity index (χ4v) is 1.10. The third kappa shape index (κ3) is 4.42. The Labute approximate surface area is 94.4 Å². The number of halogens is 1. The van der Waals surface area contributed by atoms with Crippen molar-refractivity contribution in [2.45, 2.75) is 50.5 Å². The summed E-state index contributed by atoms with van der Waals surface area (Å²) in [6.45, 7) is 7.69. The van der Waals surface area contributed by atoms with Crippen molar-refractivity contribution in [3.8, 4) is 0 Å². The van der Waals surface area contributed by atoms with Crippen molar-refractivity contribution < 1.29 is 9.90 Å². The Bertz CT molecular complexity index is 195. The maximum atomic E-state index is 11.5. The van der Waals surface area contributed by atoms with Crippen LogP contribution in [-0.2, 0) is 4.79 Å². The Morgan fingerprint density at radius 2 is 1.79 bits per heavy atom. The number of amides is 1. The fourth-order valence-electron chi connectivity index (χ4n) is 0.955. The Kier molecular flexibility index (Phi) is 5.09. The van der Waals surface area contributed by atoms with Crippen molar-refractivity contribution in [1.82, 2.24) is 5.32 Å². The van der Waals surface area contributed by atoms with E-state index < -0.39 is 9.93 Å². The minimum atomic E-state index is -0.770. The van der Waals surface area contributed by atoms with Gasteiger partial charge in [0.15, 0.2) is 0 Å². The second kappa shape index (κ2) is 5.12. The molecule has 3 nitrogen and oxygen atoms in total. The van der Waals surface area contributed by atoms with Gasteiger partial charge in [-0.2, -0.15) is 0 Å². The highest BCUT2D eigenvalue weighted by Gasteiger charge is 2.27. The fraction of sp³-hybridized carbons (Fsp3) is 0.900. The molecule has 0 spiro atoms. The molecule has 0 aliphatic heterocycles. The molecule has 0 radical (unpaired) electrons. The average Bonchev–Trinajstić information content (AvgIpc) is 2.12. The van der Waals surface area contributed by atoms with Gasteiger partial charge in [0, 0.05) is 6.54 Å². The van der Waals surface area contributed by atoms with E-state index in [1.54, 1.807) is 13.8 Å². The van der Waals surface area contributed by atoms with Gasteiger partial charge in [-0.05, 0) is 26.7 Å². The van der Waals surface area contributed by atoms with Crippen LogP contribution in [0, 0.1) is 0 Å². The lowest BCUT2D eigenvalue weighted by Crippen LogP contribution is -2.46. The summed E-state index contributed by atoms with van der Waals surface area (Å²) in [5.41, 5.74) is -0.770. The molecule has 0 aromatic carbocycles. The molecule has 0 heterocycles. The molecule has 0 unspecified atom stereocenters. The highest BCUT2D eigenvalue weighted by atomic mass is 79.9. The second-order valence-corrected chi connectivity index (χ2v) is 6.07. The first-order valence-electron chi connectivity index (χ1n) is 4.95. The largest absolute Gasteiger partial charge is 0.388 e. The maximum Gasteiger partial charge on any atom is 0.236 e. The SMILES string of the molecule is CCC(O)(CC)CNC(=O)C(C)(C)Br. The summed E-state index contributed by atoms with van der Waals surface area (Å²) in [6.07, 6.45) is 1.29. The number of carbonyl (C=O) groups is 1. The van der Waals surface area contributed by atoms with Crippen molar-refractivity contribution >= 4 is 21.8 Å². The lowest BCUT2D eigenvalue weighted by atomic mass is 9.97. The average molecular weight is 266 g/mol. The van der Waals surface area contributed by atoms with Crippen LogP contribution >= 0.6 is 15.9 Å². The standard InChI is InChI=1S/C10H20BrNO2/c1-5-10(14,6-2)7-12-8(13)9(3,4)11/h14H,5-7H2,1-4H3,(H,12,13). The quantitative estimate of drug-likeness (QED) is 0.746. The molecule has 0 aliphatic carbocycles. The molecular weight excluding hydrogens is 246 g/mol. The second-order valence-electron chi connectivity index (χ2n) is 4.09. The van der Waals surface area contributed by atoms with Gasteiger partial charge >= 0.3 is 0 Å². The number of rotatable bonds is 5. The van der Waals surface area contributed by atoms with Gasteiger partial charge in [0.1, 0.15) is 0 Å². The number of hydrogen-bond donors (Lipinski definition) is 2. The van der Waals surface area contributed by atoms with Gasteiger partial charge in [0.25, 0.3) is 0 Å². The Balaban J connectivity index is 4.12. The minimum absolute atomic E-state index is 0.0992. The Hall–Kier alpha value is -0.0900. The summed E-state index contributed by atoms with van der Waals surface area (Å²) in [5, 5.41) is 12.6. The molecule has 84 valence electrons. The monoisotopic (exact) mass is 265 g/mol. The summed E-state index contributed by atoms with van der Waals surface area (Å²) < 4.78 is -0.574. The third-order valence-corrected chi connectivity index (χ3v) is 2.79. The molecule has 14 heavy (non-hydrogen) atoms. The molecular formula is C10H20BrNO2. The zero-order chi connectivity index (χ0) is 11.4. The van der Waals surface area contributed by atoms with Crippen LogP contribution < -0.4 is 5.32 Å². The number of nitrogens with one attached hydrogen (secondary N) is 1. The van der Waals surface area contributed by atoms with Crippen LogP contribution in [-0.4, -0.2) is 27.5 Å². The smallest absolute Gasteiger partial charge is 0.236 e. The summed E-state index contributed by atoms with van der Waals surface area (Å²) in [4.78, 5) is 11.5. The van der Waals surface area contributed by atoms with Gasteiger partial charge < -0.3 is 10.4 Å². The topological polar surface area (TPSA) is 49.3 Å². The summed E-state index contributed by atoms with van der Waals surface area (Å²) >= 11 is 3.26. The van der Waals surface area contributed by atoms with Crippen LogP contribution in [0.3, 0.4) is 0 Å². The molecule has 4 heteroatoms. The molecule has 0 saturated heterocycles. The first kappa shape index (κ1) is 13.9. The molecule has 0 bridgehead atoms. The van der Waals surface area contributed by atoms with Gasteiger partial charge in [-0.1, -0.05) is 29.8 Å². The Morgan fingerprint density at radius 1 is 1.36 bits per heavy atom. The van der Waals surface area contributed by atoms with E-state index in [-0.39, 0.29) is 5.91 Å². The van der Waals surface area contributed by atoms with Gasteiger partial charge in [-0.15, -0.1) is 0 Å². The molecule has 0 aromatic heterocycles. The van der Waals surface area contributed by atoms with Crippen molar-refractivity contribution in [2.75, 3.05) is 6.54 Å². The number of aliphatic hydroxyl groups is 1. The summed E-state index contributed by atoms with van der Waals surface area (Å²) in [7, 11) is 0. The third-order valence-electron chi connectivity index (χ3n) is 2.43. The molecule has 1 amide bonds. The van der Waals surface area contributed by atoms with Crippen LogP contribution in [0.2, 0.25) is 0 Å². The van der Waals surface area contributed by atoms with Crippen LogP contribution in [0.15, 0.2) is 0 Å². The molecule has 0 aliphatic rings. The van der Waals surface area contributed by atoms with Crippen molar-refractivity contribution in [1.29, 1.82) is 0 Å². The van der Waals surface area contributed by atoms with Gasteiger partial charge in [0.2, 0.25) is 5.91 Å². The van der Waals surface area contributed by atoms with Crippen molar-refractivity contribution in [3.05, 3.63) is 0 Å². The van der Waals surface area contributed by atoms with Crippen LogP contribution in [0.1, 0.15) is 40.5 Å². The predicted octanol–water partition coefficient (Wildman–Crippen LogP) is 1.83. The predicted molar refractivity (Wildman–Crippen MR) is 61.5 cm³/mol.